The third kappa shape index (κ3) is 7.12. The number of halogens is 3. The summed E-state index contributed by atoms with van der Waals surface area (Å²) in [5.41, 5.74) is 2.14. The molecule has 12 heteroatoms. The fourth-order valence-electron chi connectivity index (χ4n) is 3.24. The van der Waals surface area contributed by atoms with E-state index in [0.717, 1.165) is 24.5 Å². The first-order valence-corrected chi connectivity index (χ1v) is 14.2. The van der Waals surface area contributed by atoms with Gasteiger partial charge in [-0.1, -0.05) is 29.8 Å². The highest BCUT2D eigenvalue weighted by Gasteiger charge is 2.18. The van der Waals surface area contributed by atoms with Crippen LogP contribution in [0, 0.1) is 7.14 Å². The molecule has 0 bridgehead atoms. The molecule has 1 N–H and O–H groups in total. The molecule has 4 rings (SSSR count). The van der Waals surface area contributed by atoms with Crippen molar-refractivity contribution in [2.24, 2.45) is 0 Å². The Morgan fingerprint density at radius 2 is 1.71 bits per heavy atom. The molecule has 0 aliphatic carbocycles. The van der Waals surface area contributed by atoms with Gasteiger partial charge in [-0.05, 0) is 98.9 Å². The maximum absolute atomic E-state index is 12.0. The van der Waals surface area contributed by atoms with E-state index in [4.69, 9.17) is 30.2 Å². The molecule has 0 unspecified atom stereocenters. The van der Waals surface area contributed by atoms with Gasteiger partial charge in [-0.2, -0.15) is 0 Å². The Bertz CT molecular complexity index is 1470. The molecule has 3 aromatic carbocycles. The first-order chi connectivity index (χ1) is 18.3. The van der Waals surface area contributed by atoms with Crippen LogP contribution >= 0.6 is 68.5 Å². The molecule has 1 heterocycles. The van der Waals surface area contributed by atoms with Crippen LogP contribution in [0.5, 0.6) is 17.2 Å². The van der Waals surface area contributed by atoms with Gasteiger partial charge in [0.05, 0.1) is 21.4 Å². The Kier molecular flexibility index (Phi) is 9.79. The average Bonchev–Trinajstić information content (AvgIpc) is 3.37. The van der Waals surface area contributed by atoms with Gasteiger partial charge < -0.3 is 23.7 Å². The topological polar surface area (TPSA) is 104 Å². The summed E-state index contributed by atoms with van der Waals surface area (Å²) in [5, 5.41) is 18.6. The number of hydrogen-bond acceptors (Lipinski definition) is 8. The highest BCUT2D eigenvalue weighted by Crippen LogP contribution is 2.35. The zero-order chi connectivity index (χ0) is 27.2. The van der Waals surface area contributed by atoms with Crippen molar-refractivity contribution in [3.05, 3.63) is 82.8 Å². The third-order valence-electron chi connectivity index (χ3n) is 5.06. The summed E-state index contributed by atoms with van der Waals surface area (Å²) in [6.45, 7) is 0.315. The smallest absolute Gasteiger partial charge is 0.342 e. The van der Waals surface area contributed by atoms with E-state index in [0.29, 0.717) is 40.0 Å². The summed E-state index contributed by atoms with van der Waals surface area (Å²) in [6.07, 6.45) is 1.55. The number of nitrogens with zero attached hydrogens (tertiary/aromatic N) is 2. The highest BCUT2D eigenvalue weighted by atomic mass is 127. The Balaban J connectivity index is 1.54. The van der Waals surface area contributed by atoms with E-state index in [1.165, 1.54) is 14.2 Å². The number of hydrogen-bond donors (Lipinski definition) is 1. The molecule has 196 valence electrons. The Morgan fingerprint density at radius 1 is 1.05 bits per heavy atom. The minimum atomic E-state index is -1.12. The van der Waals surface area contributed by atoms with E-state index in [1.54, 1.807) is 24.3 Å². The molecule has 0 fully saturated rings. The van der Waals surface area contributed by atoms with Crippen molar-refractivity contribution >= 4 is 80.6 Å². The van der Waals surface area contributed by atoms with Gasteiger partial charge in [-0.25, -0.2) is 4.79 Å². The van der Waals surface area contributed by atoms with Crippen LogP contribution in [0.4, 0.5) is 0 Å². The summed E-state index contributed by atoms with van der Waals surface area (Å²) in [5.74, 6) is 0.895. The van der Waals surface area contributed by atoms with Crippen LogP contribution in [0.3, 0.4) is 0 Å². The lowest BCUT2D eigenvalue weighted by atomic mass is 10.2. The van der Waals surface area contributed by atoms with Gasteiger partial charge in [0, 0.05) is 22.2 Å². The zero-order valence-electron chi connectivity index (χ0n) is 19.9. The number of aliphatic carboxylic acids is 1. The molecule has 1 aromatic heterocycles. The standard InChI is InChI=1S/C26H19ClI2N2O6S/c1-34-17-10-16(11-18(12-17)35-2)24-30-31-26(37-24)38-22(25(32)33)9-14-7-20(28)23(21(29)8-14)36-13-15-5-3-4-6-19(15)27/h3-12H,13H2,1-2H3,(H,32,33)/b22-9-. The predicted molar refractivity (Wildman–Crippen MR) is 162 cm³/mol. The molecule has 0 amide bonds. The number of methoxy groups -OCH3 is 2. The first-order valence-electron chi connectivity index (χ1n) is 10.8. The summed E-state index contributed by atoms with van der Waals surface area (Å²) in [6, 6.07) is 16.3. The van der Waals surface area contributed by atoms with Gasteiger partial charge in [0.25, 0.3) is 5.22 Å². The van der Waals surface area contributed by atoms with Gasteiger partial charge in [-0.15, -0.1) is 10.2 Å². The summed E-state index contributed by atoms with van der Waals surface area (Å²) < 4.78 is 24.0. The van der Waals surface area contributed by atoms with E-state index >= 15 is 0 Å². The second-order valence-electron chi connectivity index (χ2n) is 7.58. The van der Waals surface area contributed by atoms with Crippen LogP contribution in [0.2, 0.25) is 5.02 Å². The highest BCUT2D eigenvalue weighted by molar-refractivity contribution is 14.1. The van der Waals surface area contributed by atoms with Crippen molar-refractivity contribution in [2.45, 2.75) is 11.8 Å². The van der Waals surface area contributed by atoms with Crippen LogP contribution in [0.25, 0.3) is 17.5 Å². The zero-order valence-corrected chi connectivity index (χ0v) is 25.8. The molecule has 4 aromatic rings. The lowest BCUT2D eigenvalue weighted by Gasteiger charge is -2.12. The summed E-state index contributed by atoms with van der Waals surface area (Å²) in [4.78, 5) is 12.0. The van der Waals surface area contributed by atoms with Crippen LogP contribution in [-0.2, 0) is 11.4 Å². The molecule has 38 heavy (non-hydrogen) atoms. The normalized spacial score (nSPS) is 11.3. The maximum atomic E-state index is 12.0. The lowest BCUT2D eigenvalue weighted by molar-refractivity contribution is -0.131. The van der Waals surface area contributed by atoms with E-state index < -0.39 is 5.97 Å². The molecule has 8 nitrogen and oxygen atoms in total. The van der Waals surface area contributed by atoms with Crippen LogP contribution < -0.4 is 14.2 Å². The van der Waals surface area contributed by atoms with Crippen LogP contribution in [-0.4, -0.2) is 35.5 Å². The molecule has 0 spiro atoms. The Hall–Kier alpha value is -2.49. The molecule has 0 aliphatic rings. The van der Waals surface area contributed by atoms with Gasteiger partial charge in [0.1, 0.15) is 28.8 Å². The van der Waals surface area contributed by atoms with Crippen molar-refractivity contribution in [3.8, 4) is 28.7 Å². The second-order valence-corrected chi connectivity index (χ2v) is 11.3. The lowest BCUT2D eigenvalue weighted by Crippen LogP contribution is -2.01. The van der Waals surface area contributed by atoms with Gasteiger partial charge in [-0.3, -0.25) is 0 Å². The summed E-state index contributed by atoms with van der Waals surface area (Å²) >= 11 is 11.4. The number of rotatable bonds is 10. The minimum absolute atomic E-state index is 0.0137. The second kappa shape index (κ2) is 13.0. The number of ether oxygens (including phenoxy) is 3. The monoisotopic (exact) mass is 776 g/mol. The number of benzene rings is 3. The van der Waals surface area contributed by atoms with E-state index in [1.807, 2.05) is 36.4 Å². The molecule has 0 atom stereocenters. The quantitative estimate of drug-likeness (QED) is 0.100. The van der Waals surface area contributed by atoms with Gasteiger partial charge in [0.15, 0.2) is 0 Å². The Morgan fingerprint density at radius 3 is 2.32 bits per heavy atom. The van der Waals surface area contributed by atoms with Crippen molar-refractivity contribution in [1.29, 1.82) is 0 Å². The van der Waals surface area contributed by atoms with E-state index in [-0.39, 0.29) is 16.0 Å². The average molecular weight is 777 g/mol. The largest absolute Gasteiger partial charge is 0.497 e. The van der Waals surface area contributed by atoms with Crippen molar-refractivity contribution in [2.75, 3.05) is 14.2 Å². The maximum Gasteiger partial charge on any atom is 0.342 e. The number of carboxylic acids is 1. The fourth-order valence-corrected chi connectivity index (χ4v) is 6.24. The third-order valence-corrected chi connectivity index (χ3v) is 7.88. The molecule has 0 saturated carbocycles. The Labute approximate surface area is 255 Å². The first kappa shape index (κ1) is 28.5. The number of aromatic nitrogens is 2. The minimum Gasteiger partial charge on any atom is -0.497 e. The molecule has 0 saturated heterocycles. The fraction of sp³-hybridized carbons (Fsp3) is 0.115. The van der Waals surface area contributed by atoms with E-state index in [9.17, 15) is 9.90 Å². The molecule has 0 radical (unpaired) electrons. The van der Waals surface area contributed by atoms with Crippen LogP contribution in [0.15, 0.2) is 69.1 Å². The van der Waals surface area contributed by atoms with Gasteiger partial charge in [0.2, 0.25) is 5.89 Å². The molecule has 0 aliphatic heterocycles. The predicted octanol–water partition coefficient (Wildman–Crippen LogP) is 7.41. The molecular formula is C26H19ClI2N2O6S. The number of thioether (sulfide) groups is 1. The molecular weight excluding hydrogens is 758 g/mol. The number of carbonyl (C=O) groups is 1. The van der Waals surface area contributed by atoms with E-state index in [2.05, 4.69) is 55.4 Å². The number of carboxylic acid groups (broad SMARTS) is 1. The van der Waals surface area contributed by atoms with Crippen molar-refractivity contribution in [3.63, 3.8) is 0 Å². The van der Waals surface area contributed by atoms with Crippen LogP contribution in [0.1, 0.15) is 11.1 Å². The van der Waals surface area contributed by atoms with Gasteiger partial charge >= 0.3 is 5.97 Å². The van der Waals surface area contributed by atoms with Crippen molar-refractivity contribution in [1.82, 2.24) is 10.2 Å². The van der Waals surface area contributed by atoms with Crippen molar-refractivity contribution < 1.29 is 28.5 Å². The summed E-state index contributed by atoms with van der Waals surface area (Å²) in [7, 11) is 3.08. The SMILES string of the molecule is COc1cc(OC)cc(-c2nnc(S/C(=C\c3cc(I)c(OCc4ccccc4Cl)c(I)c3)C(=O)O)o2)c1.